The molecule has 2 aromatic rings. The van der Waals surface area contributed by atoms with Gasteiger partial charge in [-0.1, -0.05) is 13.8 Å². The predicted octanol–water partition coefficient (Wildman–Crippen LogP) is 2.85. The van der Waals surface area contributed by atoms with Crippen LogP contribution in [0, 0.1) is 5.92 Å². The molecule has 0 aliphatic carbocycles. The van der Waals surface area contributed by atoms with Gasteiger partial charge in [-0.15, -0.1) is 0 Å². The van der Waals surface area contributed by atoms with Crippen molar-refractivity contribution >= 4 is 27.3 Å². The standard InChI is InChI=1S/C18H20N2O5S/c1-12(2)18(21)19-13-3-5-14(6-4-13)20-26(22,23)15-7-8-16-17(11-15)25-10-9-24-16/h3-8,11-12,20H,9-10H2,1-2H3,(H,19,21). The first-order valence-electron chi connectivity index (χ1n) is 8.18. The Kier molecular flexibility index (Phi) is 5.03. The highest BCUT2D eigenvalue weighted by Gasteiger charge is 2.19. The molecule has 2 aromatic carbocycles. The van der Waals surface area contributed by atoms with Crippen LogP contribution >= 0.6 is 0 Å². The van der Waals surface area contributed by atoms with Crippen LogP contribution in [-0.2, 0) is 14.8 Å². The summed E-state index contributed by atoms with van der Waals surface area (Å²) in [6.07, 6.45) is 0. The number of benzene rings is 2. The highest BCUT2D eigenvalue weighted by molar-refractivity contribution is 7.92. The highest BCUT2D eigenvalue weighted by Crippen LogP contribution is 2.32. The number of amides is 1. The van der Waals surface area contributed by atoms with Crippen molar-refractivity contribution in [2.24, 2.45) is 5.92 Å². The van der Waals surface area contributed by atoms with Gasteiger partial charge < -0.3 is 14.8 Å². The van der Waals surface area contributed by atoms with Gasteiger partial charge in [0.1, 0.15) is 13.2 Å². The van der Waals surface area contributed by atoms with E-state index in [2.05, 4.69) is 10.0 Å². The molecular weight excluding hydrogens is 356 g/mol. The maximum absolute atomic E-state index is 12.6. The smallest absolute Gasteiger partial charge is 0.262 e. The van der Waals surface area contributed by atoms with E-state index in [1.165, 1.54) is 12.1 Å². The Morgan fingerprint density at radius 3 is 2.23 bits per heavy atom. The molecule has 138 valence electrons. The number of carbonyl (C=O) groups is 1. The molecule has 0 fully saturated rings. The number of carbonyl (C=O) groups excluding carboxylic acids is 1. The first-order valence-corrected chi connectivity index (χ1v) is 9.67. The fourth-order valence-corrected chi connectivity index (χ4v) is 3.39. The van der Waals surface area contributed by atoms with Crippen LogP contribution in [0.4, 0.5) is 11.4 Å². The van der Waals surface area contributed by atoms with Crippen LogP contribution in [0.1, 0.15) is 13.8 Å². The predicted molar refractivity (Wildman–Crippen MR) is 98.2 cm³/mol. The molecule has 26 heavy (non-hydrogen) atoms. The van der Waals surface area contributed by atoms with E-state index in [1.807, 2.05) is 0 Å². The zero-order chi connectivity index (χ0) is 18.7. The van der Waals surface area contributed by atoms with Crippen LogP contribution in [0.25, 0.3) is 0 Å². The van der Waals surface area contributed by atoms with Crippen molar-refractivity contribution in [2.45, 2.75) is 18.7 Å². The minimum Gasteiger partial charge on any atom is -0.486 e. The van der Waals surface area contributed by atoms with Gasteiger partial charge in [-0.2, -0.15) is 0 Å². The van der Waals surface area contributed by atoms with Gasteiger partial charge in [0.25, 0.3) is 10.0 Å². The zero-order valence-corrected chi connectivity index (χ0v) is 15.3. The van der Waals surface area contributed by atoms with Crippen molar-refractivity contribution in [1.82, 2.24) is 0 Å². The Morgan fingerprint density at radius 2 is 1.58 bits per heavy atom. The van der Waals surface area contributed by atoms with Crippen LogP contribution in [0.5, 0.6) is 11.5 Å². The summed E-state index contributed by atoms with van der Waals surface area (Å²) < 4.78 is 38.5. The molecule has 1 aliphatic rings. The van der Waals surface area contributed by atoms with Crippen molar-refractivity contribution in [3.8, 4) is 11.5 Å². The van der Waals surface area contributed by atoms with E-state index in [1.54, 1.807) is 44.2 Å². The highest BCUT2D eigenvalue weighted by atomic mass is 32.2. The number of anilines is 2. The van der Waals surface area contributed by atoms with E-state index in [-0.39, 0.29) is 16.7 Å². The first-order chi connectivity index (χ1) is 12.3. The molecule has 0 atom stereocenters. The molecule has 8 heteroatoms. The SMILES string of the molecule is CC(C)C(=O)Nc1ccc(NS(=O)(=O)c2ccc3c(c2)OCCO3)cc1. The summed E-state index contributed by atoms with van der Waals surface area (Å²) in [4.78, 5) is 11.8. The Hall–Kier alpha value is -2.74. The third-order valence-corrected chi connectivity index (χ3v) is 5.13. The molecular formula is C18H20N2O5S. The summed E-state index contributed by atoms with van der Waals surface area (Å²) >= 11 is 0. The average molecular weight is 376 g/mol. The van der Waals surface area contributed by atoms with E-state index >= 15 is 0 Å². The van der Waals surface area contributed by atoms with Crippen LogP contribution in [0.3, 0.4) is 0 Å². The Balaban J connectivity index is 1.74. The molecule has 2 N–H and O–H groups in total. The van der Waals surface area contributed by atoms with Gasteiger partial charge in [-0.3, -0.25) is 9.52 Å². The van der Waals surface area contributed by atoms with Crippen molar-refractivity contribution in [3.05, 3.63) is 42.5 Å². The quantitative estimate of drug-likeness (QED) is 0.837. The Morgan fingerprint density at radius 1 is 0.962 bits per heavy atom. The van der Waals surface area contributed by atoms with Crippen LogP contribution in [0.15, 0.2) is 47.4 Å². The second kappa shape index (κ2) is 7.25. The molecule has 0 spiro atoms. The van der Waals surface area contributed by atoms with Crippen molar-refractivity contribution in [2.75, 3.05) is 23.3 Å². The number of hydrogen-bond donors (Lipinski definition) is 2. The number of rotatable bonds is 5. The Labute approximate surface area is 152 Å². The zero-order valence-electron chi connectivity index (χ0n) is 14.5. The maximum Gasteiger partial charge on any atom is 0.262 e. The third-order valence-electron chi connectivity index (χ3n) is 3.75. The largest absolute Gasteiger partial charge is 0.486 e. The van der Waals surface area contributed by atoms with Gasteiger partial charge in [0.05, 0.1) is 4.90 Å². The minimum absolute atomic E-state index is 0.0823. The summed E-state index contributed by atoms with van der Waals surface area (Å²) in [7, 11) is -3.77. The van der Waals surface area contributed by atoms with Crippen molar-refractivity contribution in [1.29, 1.82) is 0 Å². The lowest BCUT2D eigenvalue weighted by atomic mass is 10.2. The van der Waals surface area contributed by atoms with Gasteiger partial charge in [0, 0.05) is 23.4 Å². The third kappa shape index (κ3) is 4.08. The van der Waals surface area contributed by atoms with E-state index < -0.39 is 10.0 Å². The lowest BCUT2D eigenvalue weighted by Crippen LogP contribution is -2.18. The van der Waals surface area contributed by atoms with Gasteiger partial charge in [-0.05, 0) is 36.4 Å². The maximum atomic E-state index is 12.6. The Bertz CT molecular complexity index is 908. The molecule has 0 bridgehead atoms. The fourth-order valence-electron chi connectivity index (χ4n) is 2.31. The normalized spacial score (nSPS) is 13.3. The molecule has 0 radical (unpaired) electrons. The summed E-state index contributed by atoms with van der Waals surface area (Å²) in [6.45, 7) is 4.42. The van der Waals surface area contributed by atoms with E-state index in [4.69, 9.17) is 9.47 Å². The van der Waals surface area contributed by atoms with Crippen molar-refractivity contribution in [3.63, 3.8) is 0 Å². The second-order valence-electron chi connectivity index (χ2n) is 6.13. The lowest BCUT2D eigenvalue weighted by molar-refractivity contribution is -0.118. The minimum atomic E-state index is -3.77. The van der Waals surface area contributed by atoms with Gasteiger partial charge in [0.15, 0.2) is 11.5 Å². The molecule has 1 amide bonds. The molecule has 0 unspecified atom stereocenters. The fraction of sp³-hybridized carbons (Fsp3) is 0.278. The topological polar surface area (TPSA) is 93.7 Å². The number of ether oxygens (including phenoxy) is 2. The lowest BCUT2D eigenvalue weighted by Gasteiger charge is -2.19. The molecule has 0 saturated heterocycles. The summed E-state index contributed by atoms with van der Waals surface area (Å²) in [5.41, 5.74) is 0.994. The van der Waals surface area contributed by atoms with Gasteiger partial charge in [-0.25, -0.2) is 8.42 Å². The number of hydrogen-bond acceptors (Lipinski definition) is 5. The van der Waals surface area contributed by atoms with E-state index in [0.29, 0.717) is 36.1 Å². The molecule has 1 aliphatic heterocycles. The molecule has 7 nitrogen and oxygen atoms in total. The molecule has 0 aromatic heterocycles. The van der Waals surface area contributed by atoms with Crippen molar-refractivity contribution < 1.29 is 22.7 Å². The number of fused-ring (bicyclic) bond motifs is 1. The second-order valence-corrected chi connectivity index (χ2v) is 7.81. The average Bonchev–Trinajstić information content (AvgIpc) is 2.62. The monoisotopic (exact) mass is 376 g/mol. The summed E-state index contributed by atoms with van der Waals surface area (Å²) in [6, 6.07) is 10.9. The number of nitrogens with one attached hydrogen (secondary N) is 2. The van der Waals surface area contributed by atoms with Crippen LogP contribution < -0.4 is 19.5 Å². The van der Waals surface area contributed by atoms with E-state index in [9.17, 15) is 13.2 Å². The van der Waals surface area contributed by atoms with Gasteiger partial charge in [0.2, 0.25) is 5.91 Å². The van der Waals surface area contributed by atoms with Crippen LogP contribution in [0.2, 0.25) is 0 Å². The van der Waals surface area contributed by atoms with E-state index in [0.717, 1.165) is 0 Å². The van der Waals surface area contributed by atoms with Gasteiger partial charge >= 0.3 is 0 Å². The molecule has 0 saturated carbocycles. The molecule has 3 rings (SSSR count). The summed E-state index contributed by atoms with van der Waals surface area (Å²) in [5, 5.41) is 2.75. The number of sulfonamides is 1. The first kappa shape index (κ1) is 18.1. The molecule has 1 heterocycles. The van der Waals surface area contributed by atoms with Crippen LogP contribution in [-0.4, -0.2) is 27.5 Å². The summed E-state index contributed by atoms with van der Waals surface area (Å²) in [5.74, 6) is 0.698.